The normalized spacial score (nSPS) is 18.2. The van der Waals surface area contributed by atoms with Crippen LogP contribution in [-0.4, -0.2) is 27.1 Å². The van der Waals surface area contributed by atoms with E-state index in [1.165, 1.54) is 11.9 Å². The first-order valence-corrected chi connectivity index (χ1v) is 5.54. The zero-order valence-corrected chi connectivity index (χ0v) is 9.42. The van der Waals surface area contributed by atoms with Gasteiger partial charge in [-0.05, 0) is 25.0 Å². The fraction of sp³-hybridized carbons (Fsp3) is 0.250. The van der Waals surface area contributed by atoms with Crippen LogP contribution < -0.4 is 4.90 Å². The first-order chi connectivity index (χ1) is 8.27. The molecular formula is C12H12N4O. The van der Waals surface area contributed by atoms with Crippen LogP contribution in [-0.2, 0) is 6.42 Å². The van der Waals surface area contributed by atoms with Gasteiger partial charge >= 0.3 is 0 Å². The van der Waals surface area contributed by atoms with E-state index in [9.17, 15) is 4.79 Å². The number of fused-ring (bicyclic) bond motifs is 1. The standard InChI is InChI=1S/C12H12N4O/c1-8-6-9-4-2-3-5-10(9)16(8)12(17)11-13-7-14-15-11/h2-5,7-8H,6H2,1H3,(H,13,14,15). The van der Waals surface area contributed by atoms with Crippen LogP contribution in [0.15, 0.2) is 30.6 Å². The molecule has 2 aromatic rings. The van der Waals surface area contributed by atoms with Crippen LogP contribution >= 0.6 is 0 Å². The molecule has 0 bridgehead atoms. The van der Waals surface area contributed by atoms with Gasteiger partial charge in [0.15, 0.2) is 0 Å². The number of carbonyl (C=O) groups excluding carboxylic acids is 1. The molecule has 0 spiro atoms. The SMILES string of the molecule is CC1Cc2ccccc2N1C(=O)c1ncn[nH]1. The summed E-state index contributed by atoms with van der Waals surface area (Å²) >= 11 is 0. The molecule has 5 nitrogen and oxygen atoms in total. The molecule has 1 aliphatic heterocycles. The topological polar surface area (TPSA) is 61.9 Å². The van der Waals surface area contributed by atoms with Crippen molar-refractivity contribution in [1.29, 1.82) is 0 Å². The lowest BCUT2D eigenvalue weighted by atomic mass is 10.1. The molecule has 86 valence electrons. The molecule has 2 heterocycles. The van der Waals surface area contributed by atoms with Crippen molar-refractivity contribution >= 4 is 11.6 Å². The van der Waals surface area contributed by atoms with Crippen molar-refractivity contribution in [2.75, 3.05) is 4.90 Å². The van der Waals surface area contributed by atoms with Crippen molar-refractivity contribution in [1.82, 2.24) is 15.2 Å². The number of para-hydroxylation sites is 1. The van der Waals surface area contributed by atoms with Gasteiger partial charge in [-0.15, -0.1) is 0 Å². The zero-order valence-electron chi connectivity index (χ0n) is 9.42. The Kier molecular flexibility index (Phi) is 2.18. The van der Waals surface area contributed by atoms with Gasteiger partial charge in [-0.1, -0.05) is 18.2 Å². The van der Waals surface area contributed by atoms with Crippen LogP contribution in [0.3, 0.4) is 0 Å². The lowest BCUT2D eigenvalue weighted by Crippen LogP contribution is -2.36. The van der Waals surface area contributed by atoms with Gasteiger partial charge in [0.2, 0.25) is 5.82 Å². The van der Waals surface area contributed by atoms with Gasteiger partial charge in [0.05, 0.1) is 0 Å². The average Bonchev–Trinajstić information content (AvgIpc) is 2.94. The highest BCUT2D eigenvalue weighted by atomic mass is 16.2. The molecule has 1 amide bonds. The molecule has 1 aliphatic rings. The van der Waals surface area contributed by atoms with Crippen molar-refractivity contribution < 1.29 is 4.79 Å². The van der Waals surface area contributed by atoms with E-state index in [1.54, 1.807) is 4.90 Å². The number of aromatic nitrogens is 3. The van der Waals surface area contributed by atoms with Gasteiger partial charge in [0, 0.05) is 11.7 Å². The number of hydrogen-bond donors (Lipinski definition) is 1. The first-order valence-electron chi connectivity index (χ1n) is 5.54. The molecule has 5 heteroatoms. The summed E-state index contributed by atoms with van der Waals surface area (Å²) in [6.45, 7) is 2.04. The summed E-state index contributed by atoms with van der Waals surface area (Å²) in [6.07, 6.45) is 2.23. The first kappa shape index (κ1) is 10.0. The monoisotopic (exact) mass is 228 g/mol. The number of H-pyrrole nitrogens is 1. The Morgan fingerprint density at radius 3 is 3.06 bits per heavy atom. The fourth-order valence-corrected chi connectivity index (χ4v) is 2.30. The Balaban J connectivity index is 2.01. The van der Waals surface area contributed by atoms with Crippen LogP contribution in [0, 0.1) is 0 Å². The smallest absolute Gasteiger partial charge is 0.295 e. The fourth-order valence-electron chi connectivity index (χ4n) is 2.30. The molecule has 0 saturated carbocycles. The van der Waals surface area contributed by atoms with Crippen LogP contribution in [0.25, 0.3) is 0 Å². The summed E-state index contributed by atoms with van der Waals surface area (Å²) in [4.78, 5) is 18.0. The third-order valence-electron chi connectivity index (χ3n) is 3.04. The third-order valence-corrected chi connectivity index (χ3v) is 3.04. The van der Waals surface area contributed by atoms with Crippen LogP contribution in [0.5, 0.6) is 0 Å². The van der Waals surface area contributed by atoms with Gasteiger partial charge in [0.1, 0.15) is 6.33 Å². The van der Waals surface area contributed by atoms with Crippen LogP contribution in [0.1, 0.15) is 23.1 Å². The lowest BCUT2D eigenvalue weighted by molar-refractivity contribution is 0.0972. The molecule has 1 atom stereocenters. The van der Waals surface area contributed by atoms with E-state index in [-0.39, 0.29) is 17.8 Å². The number of amides is 1. The number of carbonyl (C=O) groups is 1. The van der Waals surface area contributed by atoms with Crippen molar-refractivity contribution in [3.8, 4) is 0 Å². The number of rotatable bonds is 1. The molecule has 0 aliphatic carbocycles. The maximum Gasteiger partial charge on any atom is 0.295 e. The van der Waals surface area contributed by atoms with Gasteiger partial charge in [-0.3, -0.25) is 9.89 Å². The van der Waals surface area contributed by atoms with Crippen molar-refractivity contribution in [2.24, 2.45) is 0 Å². The van der Waals surface area contributed by atoms with Gasteiger partial charge in [-0.25, -0.2) is 4.98 Å². The summed E-state index contributed by atoms with van der Waals surface area (Å²) in [5.74, 6) is 0.161. The second-order valence-electron chi connectivity index (χ2n) is 4.19. The molecule has 0 radical (unpaired) electrons. The number of anilines is 1. The van der Waals surface area contributed by atoms with Crippen molar-refractivity contribution in [3.05, 3.63) is 42.0 Å². The van der Waals surface area contributed by atoms with Gasteiger partial charge in [0.25, 0.3) is 5.91 Å². The highest BCUT2D eigenvalue weighted by Gasteiger charge is 2.32. The predicted octanol–water partition coefficient (Wildman–Crippen LogP) is 1.40. The minimum absolute atomic E-state index is 0.125. The second-order valence-corrected chi connectivity index (χ2v) is 4.19. The third kappa shape index (κ3) is 1.51. The minimum atomic E-state index is -0.125. The quantitative estimate of drug-likeness (QED) is 0.802. The Labute approximate surface area is 98.5 Å². The summed E-state index contributed by atoms with van der Waals surface area (Å²) in [6, 6.07) is 8.11. The molecule has 17 heavy (non-hydrogen) atoms. The zero-order chi connectivity index (χ0) is 11.8. The van der Waals surface area contributed by atoms with E-state index in [0.717, 1.165) is 12.1 Å². The average molecular weight is 228 g/mol. The maximum absolute atomic E-state index is 12.3. The van der Waals surface area contributed by atoms with E-state index in [4.69, 9.17) is 0 Å². The number of nitrogens with one attached hydrogen (secondary N) is 1. The second kappa shape index (κ2) is 3.69. The molecule has 0 fully saturated rings. The largest absolute Gasteiger partial charge is 0.302 e. The Bertz CT molecular complexity index is 549. The minimum Gasteiger partial charge on any atom is -0.302 e. The van der Waals surface area contributed by atoms with E-state index >= 15 is 0 Å². The number of benzene rings is 1. The Hall–Kier alpha value is -2.17. The number of aromatic amines is 1. The summed E-state index contributed by atoms with van der Waals surface area (Å²) < 4.78 is 0. The van der Waals surface area contributed by atoms with E-state index in [1.807, 2.05) is 25.1 Å². The number of nitrogens with zero attached hydrogens (tertiary/aromatic N) is 3. The number of hydrogen-bond acceptors (Lipinski definition) is 3. The molecule has 1 aromatic carbocycles. The van der Waals surface area contributed by atoms with E-state index in [2.05, 4.69) is 21.2 Å². The van der Waals surface area contributed by atoms with Gasteiger partial charge in [-0.2, -0.15) is 5.10 Å². The molecule has 1 aromatic heterocycles. The van der Waals surface area contributed by atoms with Crippen molar-refractivity contribution in [2.45, 2.75) is 19.4 Å². The van der Waals surface area contributed by atoms with E-state index < -0.39 is 0 Å². The van der Waals surface area contributed by atoms with Gasteiger partial charge < -0.3 is 4.90 Å². The summed E-state index contributed by atoms with van der Waals surface area (Å²) in [5.41, 5.74) is 2.18. The highest BCUT2D eigenvalue weighted by molar-refractivity contribution is 6.05. The molecular weight excluding hydrogens is 216 g/mol. The van der Waals surface area contributed by atoms with Crippen molar-refractivity contribution in [3.63, 3.8) is 0 Å². The van der Waals surface area contributed by atoms with Crippen LogP contribution in [0.2, 0.25) is 0 Å². The molecule has 3 rings (SSSR count). The summed E-state index contributed by atoms with van der Waals surface area (Å²) in [7, 11) is 0. The molecule has 1 unspecified atom stereocenters. The predicted molar refractivity (Wildman–Crippen MR) is 62.8 cm³/mol. The van der Waals surface area contributed by atoms with Crippen LogP contribution in [0.4, 0.5) is 5.69 Å². The molecule has 1 N–H and O–H groups in total. The Morgan fingerprint density at radius 2 is 2.29 bits per heavy atom. The Morgan fingerprint density at radius 1 is 1.47 bits per heavy atom. The van der Waals surface area contributed by atoms with E-state index in [0.29, 0.717) is 0 Å². The highest BCUT2D eigenvalue weighted by Crippen LogP contribution is 2.32. The molecule has 0 saturated heterocycles. The summed E-state index contributed by atoms with van der Waals surface area (Å²) in [5, 5.41) is 6.32. The maximum atomic E-state index is 12.3. The lowest BCUT2D eigenvalue weighted by Gasteiger charge is -2.21.